The van der Waals surface area contributed by atoms with Gasteiger partial charge >= 0.3 is 0 Å². The van der Waals surface area contributed by atoms with Crippen LogP contribution in [0.2, 0.25) is 0 Å². The molecule has 1 fully saturated rings. The van der Waals surface area contributed by atoms with E-state index in [-0.39, 0.29) is 6.04 Å². The number of benzene rings is 1. The zero-order valence-corrected chi connectivity index (χ0v) is 15.1. The summed E-state index contributed by atoms with van der Waals surface area (Å²) in [5.41, 5.74) is 2.21. The van der Waals surface area contributed by atoms with Gasteiger partial charge in [0.05, 0.1) is 11.6 Å². The number of hydrogen-bond donors (Lipinski definition) is 0. The SMILES string of the molecule is Cc1cccc2c(N3CCC[C@@H]3c3nncn3CC(C)C)ncnc12. The second kappa shape index (κ2) is 6.43. The second-order valence-electron chi connectivity index (χ2n) is 7.26. The summed E-state index contributed by atoms with van der Waals surface area (Å²) in [5.74, 6) is 2.62. The number of aromatic nitrogens is 5. The Bertz CT molecular complexity index is 885. The molecule has 6 heteroatoms. The molecular weight excluding hydrogens is 312 g/mol. The summed E-state index contributed by atoms with van der Waals surface area (Å²) in [7, 11) is 0. The van der Waals surface area contributed by atoms with Gasteiger partial charge in [0, 0.05) is 18.5 Å². The van der Waals surface area contributed by atoms with Crippen molar-refractivity contribution in [1.29, 1.82) is 0 Å². The minimum atomic E-state index is 0.222. The first-order valence-corrected chi connectivity index (χ1v) is 9.00. The number of anilines is 1. The first-order chi connectivity index (χ1) is 12.1. The van der Waals surface area contributed by atoms with Crippen LogP contribution >= 0.6 is 0 Å². The summed E-state index contributed by atoms with van der Waals surface area (Å²) >= 11 is 0. The van der Waals surface area contributed by atoms with Crippen molar-refractivity contribution in [2.45, 2.75) is 46.2 Å². The molecule has 1 saturated heterocycles. The van der Waals surface area contributed by atoms with E-state index in [0.717, 1.165) is 48.5 Å². The molecule has 1 atom stereocenters. The van der Waals surface area contributed by atoms with Gasteiger partial charge in [-0.15, -0.1) is 10.2 Å². The second-order valence-corrected chi connectivity index (χ2v) is 7.26. The molecular formula is C19H24N6. The number of para-hydroxylation sites is 1. The summed E-state index contributed by atoms with van der Waals surface area (Å²) < 4.78 is 2.20. The maximum Gasteiger partial charge on any atom is 0.155 e. The van der Waals surface area contributed by atoms with Crippen molar-refractivity contribution in [2.75, 3.05) is 11.4 Å². The van der Waals surface area contributed by atoms with Crippen molar-refractivity contribution in [2.24, 2.45) is 5.92 Å². The van der Waals surface area contributed by atoms with Crippen LogP contribution in [0.5, 0.6) is 0 Å². The summed E-state index contributed by atoms with van der Waals surface area (Å²) in [6.45, 7) is 8.46. The lowest BCUT2D eigenvalue weighted by atomic mass is 10.1. The van der Waals surface area contributed by atoms with Gasteiger partial charge in [-0.05, 0) is 37.3 Å². The van der Waals surface area contributed by atoms with Gasteiger partial charge in [0.2, 0.25) is 0 Å². The normalized spacial score (nSPS) is 17.8. The predicted octanol–water partition coefficient (Wildman–Crippen LogP) is 3.53. The van der Waals surface area contributed by atoms with Crippen molar-refractivity contribution >= 4 is 16.7 Å². The quantitative estimate of drug-likeness (QED) is 0.729. The molecule has 1 aromatic carbocycles. The van der Waals surface area contributed by atoms with Gasteiger partial charge in [-0.2, -0.15) is 0 Å². The molecule has 0 saturated carbocycles. The van der Waals surface area contributed by atoms with E-state index in [1.807, 2.05) is 6.33 Å². The molecule has 0 N–H and O–H groups in total. The van der Waals surface area contributed by atoms with Crippen LogP contribution in [0.25, 0.3) is 10.9 Å². The number of hydrogen-bond acceptors (Lipinski definition) is 5. The predicted molar refractivity (Wildman–Crippen MR) is 98.5 cm³/mol. The first kappa shape index (κ1) is 16.0. The third-order valence-electron chi connectivity index (χ3n) is 4.88. The Morgan fingerprint density at radius 2 is 2.12 bits per heavy atom. The molecule has 0 amide bonds. The fourth-order valence-electron chi connectivity index (χ4n) is 3.80. The third kappa shape index (κ3) is 2.86. The molecule has 4 rings (SSSR count). The zero-order valence-electron chi connectivity index (χ0n) is 15.1. The topological polar surface area (TPSA) is 59.7 Å². The van der Waals surface area contributed by atoms with Crippen molar-refractivity contribution in [3.63, 3.8) is 0 Å². The van der Waals surface area contributed by atoms with Crippen LogP contribution in [0.4, 0.5) is 5.82 Å². The van der Waals surface area contributed by atoms with Gasteiger partial charge in [-0.1, -0.05) is 26.0 Å². The number of nitrogens with zero attached hydrogens (tertiary/aromatic N) is 6. The molecule has 0 spiro atoms. The Morgan fingerprint density at radius 3 is 2.96 bits per heavy atom. The minimum absolute atomic E-state index is 0.222. The van der Waals surface area contributed by atoms with E-state index in [4.69, 9.17) is 0 Å². The Morgan fingerprint density at radius 1 is 1.24 bits per heavy atom. The average molecular weight is 336 g/mol. The molecule has 1 aliphatic heterocycles. The lowest BCUT2D eigenvalue weighted by Crippen LogP contribution is -2.27. The zero-order chi connectivity index (χ0) is 17.4. The van der Waals surface area contributed by atoms with Crippen molar-refractivity contribution < 1.29 is 0 Å². The van der Waals surface area contributed by atoms with Gasteiger partial charge in [-0.3, -0.25) is 0 Å². The highest BCUT2D eigenvalue weighted by Crippen LogP contribution is 2.37. The largest absolute Gasteiger partial charge is 0.346 e. The van der Waals surface area contributed by atoms with E-state index >= 15 is 0 Å². The Hall–Kier alpha value is -2.50. The minimum Gasteiger partial charge on any atom is -0.346 e. The standard InChI is InChI=1S/C19H24N6/c1-13(2)10-24-12-22-23-19(24)16-8-5-9-25(16)18-15-7-4-6-14(3)17(15)20-11-21-18/h4,6-7,11-13,16H,5,8-10H2,1-3H3/t16-/m1/s1. The summed E-state index contributed by atoms with van der Waals surface area (Å²) in [4.78, 5) is 11.5. The highest BCUT2D eigenvalue weighted by atomic mass is 15.3. The van der Waals surface area contributed by atoms with Crippen LogP contribution in [-0.2, 0) is 6.54 Å². The fourth-order valence-corrected chi connectivity index (χ4v) is 3.80. The van der Waals surface area contributed by atoms with Crippen LogP contribution < -0.4 is 4.90 Å². The average Bonchev–Trinajstić information content (AvgIpc) is 3.23. The molecule has 2 aromatic heterocycles. The van der Waals surface area contributed by atoms with Crippen molar-refractivity contribution in [1.82, 2.24) is 24.7 Å². The fraction of sp³-hybridized carbons (Fsp3) is 0.474. The van der Waals surface area contributed by atoms with E-state index in [0.29, 0.717) is 5.92 Å². The maximum atomic E-state index is 4.64. The van der Waals surface area contributed by atoms with Crippen molar-refractivity contribution in [3.8, 4) is 0 Å². The molecule has 0 radical (unpaired) electrons. The number of aryl methyl sites for hydroxylation is 1. The van der Waals surface area contributed by atoms with E-state index in [2.05, 4.69) is 68.6 Å². The Kier molecular flexibility index (Phi) is 4.11. The van der Waals surface area contributed by atoms with Gasteiger partial charge in [0.15, 0.2) is 5.82 Å². The smallest absolute Gasteiger partial charge is 0.155 e. The van der Waals surface area contributed by atoms with Gasteiger partial charge in [0.25, 0.3) is 0 Å². The lowest BCUT2D eigenvalue weighted by Gasteiger charge is -2.26. The molecule has 3 aromatic rings. The molecule has 130 valence electrons. The van der Waals surface area contributed by atoms with Crippen LogP contribution in [0.1, 0.15) is 44.1 Å². The summed E-state index contributed by atoms with van der Waals surface area (Å²) in [5, 5.41) is 9.75. The molecule has 25 heavy (non-hydrogen) atoms. The van der Waals surface area contributed by atoms with E-state index in [1.165, 1.54) is 5.56 Å². The van der Waals surface area contributed by atoms with Crippen LogP contribution in [-0.4, -0.2) is 31.3 Å². The summed E-state index contributed by atoms with van der Waals surface area (Å²) in [6.07, 6.45) is 5.75. The molecule has 1 aliphatic rings. The van der Waals surface area contributed by atoms with E-state index in [1.54, 1.807) is 6.33 Å². The molecule has 3 heterocycles. The van der Waals surface area contributed by atoms with Crippen LogP contribution in [0.3, 0.4) is 0 Å². The van der Waals surface area contributed by atoms with Gasteiger partial charge in [-0.25, -0.2) is 9.97 Å². The van der Waals surface area contributed by atoms with Crippen molar-refractivity contribution in [3.05, 3.63) is 42.2 Å². The highest BCUT2D eigenvalue weighted by Gasteiger charge is 2.32. The lowest BCUT2D eigenvalue weighted by molar-refractivity contribution is 0.487. The van der Waals surface area contributed by atoms with Crippen LogP contribution in [0.15, 0.2) is 30.9 Å². The van der Waals surface area contributed by atoms with Gasteiger partial charge < -0.3 is 9.47 Å². The maximum absolute atomic E-state index is 4.64. The number of fused-ring (bicyclic) bond motifs is 1. The highest BCUT2D eigenvalue weighted by molar-refractivity contribution is 5.91. The molecule has 0 bridgehead atoms. The third-order valence-corrected chi connectivity index (χ3v) is 4.88. The summed E-state index contributed by atoms with van der Waals surface area (Å²) in [6, 6.07) is 6.52. The number of rotatable bonds is 4. The molecule has 6 nitrogen and oxygen atoms in total. The monoisotopic (exact) mass is 336 g/mol. The van der Waals surface area contributed by atoms with E-state index < -0.39 is 0 Å². The Labute approximate surface area is 147 Å². The van der Waals surface area contributed by atoms with E-state index in [9.17, 15) is 0 Å². The molecule has 0 aliphatic carbocycles. The molecule has 0 unspecified atom stereocenters. The first-order valence-electron chi connectivity index (χ1n) is 9.00. The Balaban J connectivity index is 1.76. The van der Waals surface area contributed by atoms with Gasteiger partial charge in [0.1, 0.15) is 18.5 Å². The van der Waals surface area contributed by atoms with Crippen LogP contribution in [0, 0.1) is 12.8 Å².